The van der Waals surface area contributed by atoms with Crippen molar-refractivity contribution >= 4 is 28.2 Å². The van der Waals surface area contributed by atoms with Crippen molar-refractivity contribution in [1.29, 1.82) is 0 Å². The van der Waals surface area contributed by atoms with Gasteiger partial charge in [-0.15, -0.1) is 5.10 Å². The molecule has 39 heavy (non-hydrogen) atoms. The number of nitro groups is 1. The first-order chi connectivity index (χ1) is 19.2. The first-order valence-corrected chi connectivity index (χ1v) is 12.9. The van der Waals surface area contributed by atoms with E-state index in [9.17, 15) is 10.1 Å². The SMILES string of the molecule is O=[N+]([O-])c1cc([C@@H](Nc2ccccn2)n2nnc3ccccc32)ccc1N1CCN(Cc2ccccc2)CC1. The fourth-order valence-electron chi connectivity index (χ4n) is 5.06. The smallest absolute Gasteiger partial charge is 0.292 e. The Balaban J connectivity index is 1.29. The van der Waals surface area contributed by atoms with Gasteiger partial charge in [0.2, 0.25) is 0 Å². The molecule has 3 aromatic carbocycles. The summed E-state index contributed by atoms with van der Waals surface area (Å²) in [5.74, 6) is 0.628. The number of nitrogens with zero attached hydrogens (tertiary/aromatic N) is 7. The summed E-state index contributed by atoms with van der Waals surface area (Å²) in [5, 5.41) is 24.4. The normalized spacial score (nSPS) is 14.8. The van der Waals surface area contributed by atoms with Gasteiger partial charge in [-0.25, -0.2) is 9.67 Å². The number of rotatable bonds is 8. The van der Waals surface area contributed by atoms with Gasteiger partial charge in [-0.2, -0.15) is 0 Å². The molecule has 1 fully saturated rings. The number of hydrogen-bond acceptors (Lipinski definition) is 8. The summed E-state index contributed by atoms with van der Waals surface area (Å²) in [7, 11) is 0. The van der Waals surface area contributed by atoms with E-state index in [2.05, 4.69) is 54.7 Å². The van der Waals surface area contributed by atoms with E-state index in [1.807, 2.05) is 60.7 Å². The van der Waals surface area contributed by atoms with Gasteiger partial charge in [0.1, 0.15) is 23.2 Å². The van der Waals surface area contributed by atoms with Crippen molar-refractivity contribution in [1.82, 2.24) is 24.9 Å². The highest BCUT2D eigenvalue weighted by Crippen LogP contribution is 2.34. The first-order valence-electron chi connectivity index (χ1n) is 12.9. The molecule has 0 amide bonds. The molecule has 0 unspecified atom stereocenters. The molecule has 196 valence electrons. The predicted molar refractivity (Wildman–Crippen MR) is 151 cm³/mol. The van der Waals surface area contributed by atoms with E-state index in [0.29, 0.717) is 17.1 Å². The summed E-state index contributed by atoms with van der Waals surface area (Å²) in [6.07, 6.45) is 1.14. The van der Waals surface area contributed by atoms with Crippen molar-refractivity contribution in [3.8, 4) is 0 Å². The van der Waals surface area contributed by atoms with Crippen LogP contribution in [0, 0.1) is 10.1 Å². The fraction of sp³-hybridized carbons (Fsp3) is 0.207. The van der Waals surface area contributed by atoms with E-state index in [-0.39, 0.29) is 10.6 Å². The second kappa shape index (κ2) is 10.9. The van der Waals surface area contributed by atoms with Crippen molar-refractivity contribution < 1.29 is 4.92 Å². The lowest BCUT2D eigenvalue weighted by Crippen LogP contribution is -2.46. The molecule has 0 radical (unpaired) electrons. The Bertz CT molecular complexity index is 1570. The Morgan fingerprint density at radius 2 is 1.67 bits per heavy atom. The van der Waals surface area contributed by atoms with E-state index in [1.165, 1.54) is 5.56 Å². The molecule has 10 nitrogen and oxygen atoms in total. The van der Waals surface area contributed by atoms with Gasteiger partial charge < -0.3 is 10.2 Å². The molecule has 0 saturated carbocycles. The summed E-state index contributed by atoms with van der Waals surface area (Å²) in [5.41, 5.74) is 4.21. The van der Waals surface area contributed by atoms with Gasteiger partial charge in [0, 0.05) is 50.6 Å². The number of nitro benzene ring substituents is 1. The van der Waals surface area contributed by atoms with Crippen molar-refractivity contribution in [2.24, 2.45) is 0 Å². The van der Waals surface area contributed by atoms with Crippen LogP contribution in [0.3, 0.4) is 0 Å². The predicted octanol–water partition coefficient (Wildman–Crippen LogP) is 4.72. The molecule has 3 heterocycles. The molecule has 1 N–H and O–H groups in total. The van der Waals surface area contributed by atoms with Gasteiger partial charge in [0.25, 0.3) is 5.69 Å². The fourth-order valence-corrected chi connectivity index (χ4v) is 5.06. The second-order valence-electron chi connectivity index (χ2n) is 9.54. The summed E-state index contributed by atoms with van der Waals surface area (Å²) >= 11 is 0. The first kappa shape index (κ1) is 24.5. The highest BCUT2D eigenvalue weighted by atomic mass is 16.6. The molecular formula is C29H28N8O2. The quantitative estimate of drug-likeness (QED) is 0.232. The Hall–Kier alpha value is -4.83. The Labute approximate surface area is 225 Å². The third-order valence-electron chi connectivity index (χ3n) is 7.05. The van der Waals surface area contributed by atoms with Crippen LogP contribution in [0.2, 0.25) is 0 Å². The molecule has 1 aliphatic rings. The molecule has 0 spiro atoms. The van der Waals surface area contributed by atoms with Crippen molar-refractivity contribution in [3.63, 3.8) is 0 Å². The van der Waals surface area contributed by atoms with Crippen molar-refractivity contribution in [3.05, 3.63) is 118 Å². The van der Waals surface area contributed by atoms with Crippen LogP contribution in [0.1, 0.15) is 17.3 Å². The molecule has 5 aromatic rings. The largest absolute Gasteiger partial charge is 0.363 e. The standard InChI is InChI=1S/C29H28N8O2/c38-37(39)27-20-23(13-14-26(27)35-18-16-34(17-19-35)21-22-8-2-1-3-9-22)29(31-28-12-6-7-15-30-28)36-25-11-5-4-10-24(25)32-33-36/h1-15,20,29H,16-19,21H2,(H,30,31)/t29-/m0/s1. The highest BCUT2D eigenvalue weighted by Gasteiger charge is 2.27. The minimum absolute atomic E-state index is 0.0706. The van der Waals surface area contributed by atoms with Crippen molar-refractivity contribution in [2.75, 3.05) is 36.4 Å². The number of fused-ring (bicyclic) bond motifs is 1. The number of hydrogen-bond donors (Lipinski definition) is 1. The molecular weight excluding hydrogens is 492 g/mol. The van der Waals surface area contributed by atoms with Gasteiger partial charge in [-0.05, 0) is 35.9 Å². The number of para-hydroxylation sites is 1. The third kappa shape index (κ3) is 5.27. The Kier molecular flexibility index (Phi) is 6.84. The maximum absolute atomic E-state index is 12.3. The van der Waals surface area contributed by atoms with E-state index >= 15 is 0 Å². The number of pyridine rings is 1. The maximum Gasteiger partial charge on any atom is 0.292 e. The average Bonchev–Trinajstić information content (AvgIpc) is 3.41. The lowest BCUT2D eigenvalue weighted by molar-refractivity contribution is -0.384. The van der Waals surface area contributed by atoms with Gasteiger partial charge in [0.05, 0.1) is 10.4 Å². The van der Waals surface area contributed by atoms with Gasteiger partial charge in [-0.3, -0.25) is 15.0 Å². The summed E-state index contributed by atoms with van der Waals surface area (Å²) in [4.78, 5) is 20.9. The molecule has 6 rings (SSSR count). The lowest BCUT2D eigenvalue weighted by Gasteiger charge is -2.36. The maximum atomic E-state index is 12.3. The Morgan fingerprint density at radius 3 is 2.44 bits per heavy atom. The van der Waals surface area contributed by atoms with Crippen LogP contribution in [0.15, 0.2) is 97.2 Å². The number of anilines is 2. The van der Waals surface area contributed by atoms with Crippen LogP contribution < -0.4 is 10.2 Å². The van der Waals surface area contributed by atoms with Gasteiger partial charge in [-0.1, -0.05) is 59.8 Å². The summed E-state index contributed by atoms with van der Waals surface area (Å²) in [6.45, 7) is 3.99. The average molecular weight is 521 g/mol. The number of nitrogens with one attached hydrogen (secondary N) is 1. The van der Waals surface area contributed by atoms with E-state index in [0.717, 1.165) is 43.8 Å². The molecule has 2 aromatic heterocycles. The van der Waals surface area contributed by atoms with Gasteiger partial charge >= 0.3 is 0 Å². The topological polar surface area (TPSA) is 105 Å². The minimum Gasteiger partial charge on any atom is -0.363 e. The summed E-state index contributed by atoms with van der Waals surface area (Å²) in [6, 6.07) is 29.0. The third-order valence-corrected chi connectivity index (χ3v) is 7.05. The van der Waals surface area contributed by atoms with Crippen LogP contribution in [-0.2, 0) is 6.54 Å². The van der Waals surface area contributed by atoms with Crippen LogP contribution in [0.25, 0.3) is 11.0 Å². The second-order valence-corrected chi connectivity index (χ2v) is 9.54. The number of piperazine rings is 1. The zero-order valence-electron chi connectivity index (χ0n) is 21.3. The van der Waals surface area contributed by atoms with Crippen molar-refractivity contribution in [2.45, 2.75) is 12.7 Å². The molecule has 0 aliphatic carbocycles. The van der Waals surface area contributed by atoms with Crippen LogP contribution in [0.4, 0.5) is 17.2 Å². The number of benzene rings is 3. The van der Waals surface area contributed by atoms with Crippen LogP contribution >= 0.6 is 0 Å². The van der Waals surface area contributed by atoms with E-state index < -0.39 is 6.17 Å². The van der Waals surface area contributed by atoms with E-state index in [4.69, 9.17) is 0 Å². The lowest BCUT2D eigenvalue weighted by atomic mass is 10.1. The zero-order chi connectivity index (χ0) is 26.6. The monoisotopic (exact) mass is 520 g/mol. The molecule has 1 aliphatic heterocycles. The summed E-state index contributed by atoms with van der Waals surface area (Å²) < 4.78 is 1.74. The van der Waals surface area contributed by atoms with E-state index in [1.54, 1.807) is 16.9 Å². The van der Waals surface area contributed by atoms with Gasteiger partial charge in [0.15, 0.2) is 0 Å². The van der Waals surface area contributed by atoms with Crippen LogP contribution in [0.5, 0.6) is 0 Å². The minimum atomic E-state index is -0.553. The molecule has 1 atom stereocenters. The molecule has 1 saturated heterocycles. The molecule has 0 bridgehead atoms. The Morgan fingerprint density at radius 1 is 0.897 bits per heavy atom. The molecule has 10 heteroatoms. The van der Waals surface area contributed by atoms with Crippen LogP contribution in [-0.4, -0.2) is 56.0 Å². The highest BCUT2D eigenvalue weighted by molar-refractivity contribution is 5.74. The number of aromatic nitrogens is 4. The zero-order valence-corrected chi connectivity index (χ0v) is 21.3.